The highest BCUT2D eigenvalue weighted by molar-refractivity contribution is 7.89. The van der Waals surface area contributed by atoms with Crippen LogP contribution in [0.4, 0.5) is 5.69 Å². The molecule has 0 atom stereocenters. The number of rotatable bonds is 9. The Morgan fingerprint density at radius 2 is 1.61 bits per heavy atom. The maximum atomic E-state index is 12.8. The molecule has 0 unspecified atom stereocenters. The standard InChI is InChI=1S/C24H32N2O4S/c1-2-3-8-20-9-11-21(12-10-20)25-24(27)19-30-22-13-15-23(16-14-22)31(28,29)26-17-6-4-5-7-18-26/h9-16H,2-8,17-19H2,1H3,(H,25,27). The summed E-state index contributed by atoms with van der Waals surface area (Å²) in [5.41, 5.74) is 1.99. The Kier molecular flexibility index (Phi) is 8.49. The van der Waals surface area contributed by atoms with Gasteiger partial charge in [0.1, 0.15) is 5.75 Å². The highest BCUT2D eigenvalue weighted by Gasteiger charge is 2.25. The number of benzene rings is 2. The fourth-order valence-corrected chi connectivity index (χ4v) is 5.14. The lowest BCUT2D eigenvalue weighted by atomic mass is 10.1. The molecule has 1 heterocycles. The zero-order valence-electron chi connectivity index (χ0n) is 18.2. The third kappa shape index (κ3) is 6.80. The molecule has 3 rings (SSSR count). The van der Waals surface area contributed by atoms with Gasteiger partial charge in [-0.05, 0) is 67.6 Å². The summed E-state index contributed by atoms with van der Waals surface area (Å²) in [4.78, 5) is 12.4. The van der Waals surface area contributed by atoms with Crippen molar-refractivity contribution in [2.45, 2.75) is 56.8 Å². The molecule has 6 nitrogen and oxygen atoms in total. The van der Waals surface area contributed by atoms with Gasteiger partial charge in [-0.25, -0.2) is 8.42 Å². The first kappa shape index (κ1) is 23.3. The van der Waals surface area contributed by atoms with Gasteiger partial charge in [0.2, 0.25) is 10.0 Å². The number of carbonyl (C=O) groups is 1. The van der Waals surface area contributed by atoms with Crippen molar-refractivity contribution in [2.24, 2.45) is 0 Å². The quantitative estimate of drug-likeness (QED) is 0.613. The van der Waals surface area contributed by atoms with E-state index < -0.39 is 10.0 Å². The van der Waals surface area contributed by atoms with E-state index in [0.717, 1.165) is 50.6 Å². The van der Waals surface area contributed by atoms with E-state index in [0.29, 0.717) is 18.8 Å². The molecule has 0 aliphatic carbocycles. The third-order valence-electron chi connectivity index (χ3n) is 5.45. The molecule has 2 aromatic rings. The lowest BCUT2D eigenvalue weighted by Crippen LogP contribution is -2.31. The third-order valence-corrected chi connectivity index (χ3v) is 7.37. The smallest absolute Gasteiger partial charge is 0.262 e. The van der Waals surface area contributed by atoms with Crippen molar-refractivity contribution in [2.75, 3.05) is 25.0 Å². The van der Waals surface area contributed by atoms with E-state index in [9.17, 15) is 13.2 Å². The summed E-state index contributed by atoms with van der Waals surface area (Å²) >= 11 is 0. The van der Waals surface area contributed by atoms with E-state index in [1.807, 2.05) is 24.3 Å². The topological polar surface area (TPSA) is 75.7 Å². The van der Waals surface area contributed by atoms with Crippen LogP contribution in [0, 0.1) is 0 Å². The van der Waals surface area contributed by atoms with Crippen LogP contribution in [0.15, 0.2) is 53.4 Å². The van der Waals surface area contributed by atoms with Crippen LogP contribution in [0.2, 0.25) is 0 Å². The van der Waals surface area contributed by atoms with Gasteiger partial charge in [0, 0.05) is 18.8 Å². The lowest BCUT2D eigenvalue weighted by molar-refractivity contribution is -0.118. The first-order valence-corrected chi connectivity index (χ1v) is 12.5. The predicted molar refractivity (Wildman–Crippen MR) is 123 cm³/mol. The highest BCUT2D eigenvalue weighted by atomic mass is 32.2. The van der Waals surface area contributed by atoms with Crippen molar-refractivity contribution in [1.29, 1.82) is 0 Å². The van der Waals surface area contributed by atoms with Gasteiger partial charge in [-0.15, -0.1) is 0 Å². The maximum absolute atomic E-state index is 12.8. The van der Waals surface area contributed by atoms with E-state index in [2.05, 4.69) is 12.2 Å². The molecule has 1 aliphatic heterocycles. The SMILES string of the molecule is CCCCc1ccc(NC(=O)COc2ccc(S(=O)(=O)N3CCCCCC3)cc2)cc1. The molecule has 0 spiro atoms. The zero-order chi connectivity index (χ0) is 22.1. The molecule has 1 fully saturated rings. The molecule has 0 aromatic heterocycles. The van der Waals surface area contributed by atoms with Gasteiger partial charge in [0.25, 0.3) is 5.91 Å². The fourth-order valence-electron chi connectivity index (χ4n) is 3.62. The van der Waals surface area contributed by atoms with Gasteiger partial charge < -0.3 is 10.1 Å². The van der Waals surface area contributed by atoms with Crippen molar-refractivity contribution in [3.05, 3.63) is 54.1 Å². The second kappa shape index (κ2) is 11.3. The summed E-state index contributed by atoms with van der Waals surface area (Å²) in [5, 5.41) is 2.81. The average molecular weight is 445 g/mol. The molecule has 0 bridgehead atoms. The summed E-state index contributed by atoms with van der Waals surface area (Å²) in [7, 11) is -3.49. The van der Waals surface area contributed by atoms with Crippen molar-refractivity contribution in [3.8, 4) is 5.75 Å². The summed E-state index contributed by atoms with van der Waals surface area (Å²) in [5.74, 6) is 0.197. The number of anilines is 1. The number of aryl methyl sites for hydroxylation is 1. The molecule has 1 aliphatic rings. The number of sulfonamides is 1. The van der Waals surface area contributed by atoms with Crippen LogP contribution in [0.25, 0.3) is 0 Å². The van der Waals surface area contributed by atoms with Gasteiger partial charge in [-0.3, -0.25) is 4.79 Å². The number of amides is 1. The molecular formula is C24H32N2O4S. The molecular weight excluding hydrogens is 412 g/mol. The van der Waals surface area contributed by atoms with E-state index in [1.165, 1.54) is 5.56 Å². The van der Waals surface area contributed by atoms with Gasteiger partial charge in [-0.2, -0.15) is 4.31 Å². The summed E-state index contributed by atoms with van der Waals surface area (Å²) in [6, 6.07) is 14.1. The van der Waals surface area contributed by atoms with Crippen molar-refractivity contribution in [3.63, 3.8) is 0 Å². The molecule has 0 saturated carbocycles. The van der Waals surface area contributed by atoms with E-state index in [-0.39, 0.29) is 17.4 Å². The Hall–Kier alpha value is -2.38. The second-order valence-corrected chi connectivity index (χ2v) is 9.86. The van der Waals surface area contributed by atoms with E-state index >= 15 is 0 Å². The van der Waals surface area contributed by atoms with Gasteiger partial charge in [0.15, 0.2) is 6.61 Å². The largest absolute Gasteiger partial charge is 0.484 e. The number of hydrogen-bond donors (Lipinski definition) is 1. The van der Waals surface area contributed by atoms with Crippen LogP contribution in [0.3, 0.4) is 0 Å². The summed E-state index contributed by atoms with van der Waals surface area (Å²) < 4.78 is 32.7. The zero-order valence-corrected chi connectivity index (χ0v) is 19.0. The molecule has 7 heteroatoms. The Morgan fingerprint density at radius 1 is 0.968 bits per heavy atom. The Bertz CT molecular complexity index is 933. The second-order valence-electron chi connectivity index (χ2n) is 7.93. The fraction of sp³-hybridized carbons (Fsp3) is 0.458. The molecule has 1 amide bonds. The number of nitrogens with zero attached hydrogens (tertiary/aromatic N) is 1. The molecule has 31 heavy (non-hydrogen) atoms. The predicted octanol–water partition coefficient (Wildman–Crippen LogP) is 4.61. The van der Waals surface area contributed by atoms with Crippen LogP contribution in [-0.2, 0) is 21.2 Å². The monoisotopic (exact) mass is 444 g/mol. The maximum Gasteiger partial charge on any atom is 0.262 e. The van der Waals surface area contributed by atoms with Gasteiger partial charge >= 0.3 is 0 Å². The number of carbonyl (C=O) groups excluding carboxylic acids is 1. The number of unbranched alkanes of at least 4 members (excludes halogenated alkanes) is 1. The Balaban J connectivity index is 1.51. The van der Waals surface area contributed by atoms with Crippen LogP contribution in [0.5, 0.6) is 5.75 Å². The van der Waals surface area contributed by atoms with Crippen LogP contribution in [0.1, 0.15) is 51.0 Å². The molecule has 2 aromatic carbocycles. The minimum Gasteiger partial charge on any atom is -0.484 e. The van der Waals surface area contributed by atoms with Crippen molar-refractivity contribution in [1.82, 2.24) is 4.31 Å². The number of nitrogens with one attached hydrogen (secondary N) is 1. The van der Waals surface area contributed by atoms with Crippen molar-refractivity contribution < 1.29 is 17.9 Å². The molecule has 1 saturated heterocycles. The summed E-state index contributed by atoms with van der Waals surface area (Å²) in [6.45, 7) is 3.16. The van der Waals surface area contributed by atoms with Gasteiger partial charge in [0.05, 0.1) is 4.90 Å². The summed E-state index contributed by atoms with van der Waals surface area (Å²) in [6.07, 6.45) is 7.29. The van der Waals surface area contributed by atoms with E-state index in [4.69, 9.17) is 4.74 Å². The molecule has 1 N–H and O–H groups in total. The molecule has 168 valence electrons. The highest BCUT2D eigenvalue weighted by Crippen LogP contribution is 2.22. The van der Waals surface area contributed by atoms with Crippen LogP contribution in [-0.4, -0.2) is 38.3 Å². The van der Waals surface area contributed by atoms with Gasteiger partial charge in [-0.1, -0.05) is 38.3 Å². The van der Waals surface area contributed by atoms with Crippen LogP contribution >= 0.6 is 0 Å². The normalized spacial score (nSPS) is 15.3. The minimum absolute atomic E-state index is 0.143. The van der Waals surface area contributed by atoms with Crippen LogP contribution < -0.4 is 10.1 Å². The Labute approximate surface area is 185 Å². The average Bonchev–Trinajstić information content (AvgIpc) is 3.08. The van der Waals surface area contributed by atoms with Crippen molar-refractivity contribution >= 4 is 21.6 Å². The first-order chi connectivity index (χ1) is 15.0. The Morgan fingerprint density at radius 3 is 2.23 bits per heavy atom. The first-order valence-electron chi connectivity index (χ1n) is 11.1. The van der Waals surface area contributed by atoms with E-state index in [1.54, 1.807) is 28.6 Å². The number of hydrogen-bond acceptors (Lipinski definition) is 4. The minimum atomic E-state index is -3.49. The lowest BCUT2D eigenvalue weighted by Gasteiger charge is -2.20. The molecule has 0 radical (unpaired) electrons. The number of ether oxygens (including phenoxy) is 1.